The molecule has 0 fully saturated rings. The fraction of sp³-hybridized carbons (Fsp3) is 0.588. The predicted molar refractivity (Wildman–Crippen MR) is 84.7 cm³/mol. The summed E-state index contributed by atoms with van der Waals surface area (Å²) in [4.78, 5) is 14.2. The van der Waals surface area contributed by atoms with Gasteiger partial charge in [0.1, 0.15) is 0 Å². The Morgan fingerprint density at radius 2 is 1.55 bits per heavy atom. The van der Waals surface area contributed by atoms with Gasteiger partial charge in [-0.3, -0.25) is 0 Å². The number of carbonyl (C=O) groups excluding carboxylic acids is 1. The fourth-order valence-corrected chi connectivity index (χ4v) is 2.12. The minimum atomic E-state index is 0.0352. The molecule has 112 valence electrons. The van der Waals surface area contributed by atoms with Crippen molar-refractivity contribution in [2.24, 2.45) is 11.8 Å². The minimum absolute atomic E-state index is 0.0352. The van der Waals surface area contributed by atoms with Gasteiger partial charge in [-0.25, -0.2) is 4.79 Å². The van der Waals surface area contributed by atoms with Crippen molar-refractivity contribution < 1.29 is 4.79 Å². The molecule has 0 aliphatic rings. The van der Waals surface area contributed by atoms with E-state index in [9.17, 15) is 4.79 Å². The lowest BCUT2D eigenvalue weighted by molar-refractivity contribution is 0.183. The number of hydrogen-bond donors (Lipinski definition) is 1. The lowest BCUT2D eigenvalue weighted by atomic mass is 10.1. The maximum absolute atomic E-state index is 12.3. The number of carbonyl (C=O) groups is 1. The highest BCUT2D eigenvalue weighted by Crippen LogP contribution is 2.06. The monoisotopic (exact) mass is 276 g/mol. The zero-order valence-corrected chi connectivity index (χ0v) is 13.4. The highest BCUT2D eigenvalue weighted by molar-refractivity contribution is 5.74. The Kier molecular flexibility index (Phi) is 6.56. The molecule has 3 nitrogen and oxygen atoms in total. The summed E-state index contributed by atoms with van der Waals surface area (Å²) in [7, 11) is 0. The van der Waals surface area contributed by atoms with Gasteiger partial charge in [0.25, 0.3) is 0 Å². The number of urea groups is 1. The number of rotatable bonds is 6. The van der Waals surface area contributed by atoms with Crippen LogP contribution in [0, 0.1) is 18.8 Å². The Balaban J connectivity index is 2.54. The molecule has 1 rings (SSSR count). The molecular formula is C17H28N2O. The quantitative estimate of drug-likeness (QED) is 0.841. The third-order valence-corrected chi connectivity index (χ3v) is 3.02. The first-order valence-corrected chi connectivity index (χ1v) is 7.46. The lowest BCUT2D eigenvalue weighted by Gasteiger charge is -2.26. The summed E-state index contributed by atoms with van der Waals surface area (Å²) in [5, 5.41) is 3.02. The van der Waals surface area contributed by atoms with Crippen LogP contribution in [0.1, 0.15) is 38.8 Å². The van der Waals surface area contributed by atoms with Crippen LogP contribution in [0.4, 0.5) is 4.79 Å². The molecule has 0 aliphatic carbocycles. The largest absolute Gasteiger partial charge is 0.334 e. The van der Waals surface area contributed by atoms with E-state index in [0.29, 0.717) is 18.4 Å². The van der Waals surface area contributed by atoms with Crippen LogP contribution < -0.4 is 5.32 Å². The van der Waals surface area contributed by atoms with Crippen molar-refractivity contribution in [1.29, 1.82) is 0 Å². The zero-order valence-electron chi connectivity index (χ0n) is 13.4. The SMILES string of the molecule is Cc1ccc(CNC(=O)N(CC(C)C)CC(C)C)cc1. The van der Waals surface area contributed by atoms with Gasteiger partial charge in [-0.15, -0.1) is 0 Å². The van der Waals surface area contributed by atoms with Gasteiger partial charge in [0.2, 0.25) is 0 Å². The molecule has 2 amide bonds. The molecule has 0 heterocycles. The molecule has 0 radical (unpaired) electrons. The Hall–Kier alpha value is -1.51. The maximum atomic E-state index is 12.3. The summed E-state index contributed by atoms with van der Waals surface area (Å²) in [5.41, 5.74) is 2.37. The first-order chi connectivity index (χ1) is 9.38. The molecule has 0 aliphatic heterocycles. The molecule has 0 atom stereocenters. The normalized spacial score (nSPS) is 10.9. The number of aryl methyl sites for hydroxylation is 1. The molecule has 0 aromatic heterocycles. The number of amides is 2. The summed E-state index contributed by atoms with van der Waals surface area (Å²) < 4.78 is 0. The van der Waals surface area contributed by atoms with Gasteiger partial charge in [0.05, 0.1) is 0 Å². The van der Waals surface area contributed by atoms with Crippen molar-refractivity contribution in [1.82, 2.24) is 10.2 Å². The minimum Gasteiger partial charge on any atom is -0.334 e. The molecule has 20 heavy (non-hydrogen) atoms. The van der Waals surface area contributed by atoms with Gasteiger partial charge in [-0.05, 0) is 24.3 Å². The average molecular weight is 276 g/mol. The number of nitrogens with one attached hydrogen (secondary N) is 1. The van der Waals surface area contributed by atoms with E-state index in [0.717, 1.165) is 18.7 Å². The van der Waals surface area contributed by atoms with Crippen LogP contribution >= 0.6 is 0 Å². The van der Waals surface area contributed by atoms with E-state index in [-0.39, 0.29) is 6.03 Å². The van der Waals surface area contributed by atoms with Crippen molar-refractivity contribution in [2.45, 2.75) is 41.2 Å². The molecule has 0 unspecified atom stereocenters. The summed E-state index contributed by atoms with van der Waals surface area (Å²) in [6, 6.07) is 8.30. The van der Waals surface area contributed by atoms with Crippen molar-refractivity contribution in [3.63, 3.8) is 0 Å². The topological polar surface area (TPSA) is 32.3 Å². The van der Waals surface area contributed by atoms with E-state index in [1.165, 1.54) is 5.56 Å². The smallest absolute Gasteiger partial charge is 0.317 e. The Morgan fingerprint density at radius 3 is 2.00 bits per heavy atom. The van der Waals surface area contributed by atoms with Crippen LogP contribution in [-0.2, 0) is 6.54 Å². The summed E-state index contributed by atoms with van der Waals surface area (Å²) in [6.07, 6.45) is 0. The highest BCUT2D eigenvalue weighted by atomic mass is 16.2. The number of benzene rings is 1. The summed E-state index contributed by atoms with van der Waals surface area (Å²) in [5.74, 6) is 0.970. The van der Waals surface area contributed by atoms with E-state index >= 15 is 0 Å². The fourth-order valence-electron chi connectivity index (χ4n) is 2.12. The molecule has 1 aromatic rings. The molecular weight excluding hydrogens is 248 g/mol. The van der Waals surface area contributed by atoms with Crippen LogP contribution in [0.25, 0.3) is 0 Å². The zero-order chi connectivity index (χ0) is 15.1. The molecule has 0 saturated carbocycles. The van der Waals surface area contributed by atoms with Crippen molar-refractivity contribution in [3.05, 3.63) is 35.4 Å². The Morgan fingerprint density at radius 1 is 1.05 bits per heavy atom. The van der Waals surface area contributed by atoms with Gasteiger partial charge >= 0.3 is 6.03 Å². The molecule has 0 saturated heterocycles. The van der Waals surface area contributed by atoms with Crippen molar-refractivity contribution >= 4 is 6.03 Å². The van der Waals surface area contributed by atoms with Crippen LogP contribution in [0.3, 0.4) is 0 Å². The van der Waals surface area contributed by atoms with Crippen LogP contribution in [-0.4, -0.2) is 24.0 Å². The van der Waals surface area contributed by atoms with Gasteiger partial charge < -0.3 is 10.2 Å². The van der Waals surface area contributed by atoms with Gasteiger partial charge in [-0.1, -0.05) is 57.5 Å². The first kappa shape index (κ1) is 16.5. The second-order valence-corrected chi connectivity index (χ2v) is 6.34. The Labute approximate surface area is 123 Å². The molecule has 0 bridgehead atoms. The third kappa shape index (κ3) is 6.09. The van der Waals surface area contributed by atoms with Crippen molar-refractivity contribution in [3.8, 4) is 0 Å². The van der Waals surface area contributed by atoms with Crippen LogP contribution in [0.2, 0.25) is 0 Å². The van der Waals surface area contributed by atoms with Crippen LogP contribution in [0.15, 0.2) is 24.3 Å². The lowest BCUT2D eigenvalue weighted by Crippen LogP contribution is -2.43. The molecule has 3 heteroatoms. The summed E-state index contributed by atoms with van der Waals surface area (Å²) >= 11 is 0. The van der Waals surface area contributed by atoms with E-state index in [1.54, 1.807) is 0 Å². The van der Waals surface area contributed by atoms with Gasteiger partial charge in [-0.2, -0.15) is 0 Å². The van der Waals surface area contributed by atoms with E-state index in [4.69, 9.17) is 0 Å². The average Bonchev–Trinajstić information content (AvgIpc) is 2.36. The second kappa shape index (κ2) is 7.93. The number of nitrogens with zero attached hydrogens (tertiary/aromatic N) is 1. The van der Waals surface area contributed by atoms with E-state index in [2.05, 4.69) is 64.2 Å². The van der Waals surface area contributed by atoms with E-state index in [1.807, 2.05) is 4.90 Å². The highest BCUT2D eigenvalue weighted by Gasteiger charge is 2.15. The maximum Gasteiger partial charge on any atom is 0.317 e. The summed E-state index contributed by atoms with van der Waals surface area (Å²) in [6.45, 7) is 12.8. The molecule has 1 aromatic carbocycles. The molecule has 0 spiro atoms. The number of hydrogen-bond acceptors (Lipinski definition) is 1. The van der Waals surface area contributed by atoms with Gasteiger partial charge in [0, 0.05) is 19.6 Å². The van der Waals surface area contributed by atoms with Crippen LogP contribution in [0.5, 0.6) is 0 Å². The van der Waals surface area contributed by atoms with Crippen molar-refractivity contribution in [2.75, 3.05) is 13.1 Å². The Bertz CT molecular complexity index is 400. The predicted octanol–water partition coefficient (Wildman–Crippen LogP) is 3.82. The first-order valence-electron chi connectivity index (χ1n) is 7.46. The third-order valence-electron chi connectivity index (χ3n) is 3.02. The van der Waals surface area contributed by atoms with E-state index < -0.39 is 0 Å². The second-order valence-electron chi connectivity index (χ2n) is 6.34. The standard InChI is InChI=1S/C17H28N2O/c1-13(2)11-19(12-14(3)4)17(20)18-10-16-8-6-15(5)7-9-16/h6-9,13-14H,10-12H2,1-5H3,(H,18,20). The molecule has 1 N–H and O–H groups in total. The van der Waals surface area contributed by atoms with Gasteiger partial charge in [0.15, 0.2) is 0 Å².